The summed E-state index contributed by atoms with van der Waals surface area (Å²) in [5.41, 5.74) is 5.23. The lowest BCUT2D eigenvalue weighted by Crippen LogP contribution is -1.88. The normalized spacial score (nSPS) is 11.9. The molecule has 0 spiro atoms. The third kappa shape index (κ3) is 1.99. The average molecular weight is 363 g/mol. The van der Waals surface area contributed by atoms with Gasteiger partial charge in [0, 0.05) is 49.1 Å². The first kappa shape index (κ1) is 15.0. The Morgan fingerprint density at radius 2 is 1.41 bits per heavy atom. The molecule has 2 heterocycles. The fourth-order valence-electron chi connectivity index (χ4n) is 4.38. The van der Waals surface area contributed by atoms with Crippen molar-refractivity contribution in [3.8, 4) is 11.1 Å². The number of nitrogens with zero attached hydrogens (tertiary/aromatic N) is 1. The van der Waals surface area contributed by atoms with Gasteiger partial charge >= 0.3 is 0 Å². The van der Waals surface area contributed by atoms with Gasteiger partial charge in [-0.25, -0.2) is 0 Å². The number of thiophene rings is 1. The van der Waals surface area contributed by atoms with Gasteiger partial charge in [0.05, 0.1) is 5.52 Å². The summed E-state index contributed by atoms with van der Waals surface area (Å²) in [6, 6.07) is 30.7. The van der Waals surface area contributed by atoms with Crippen molar-refractivity contribution in [1.29, 1.82) is 0 Å². The van der Waals surface area contributed by atoms with Crippen LogP contribution in [0.15, 0.2) is 84.9 Å². The van der Waals surface area contributed by atoms with E-state index in [1.807, 2.05) is 11.3 Å². The van der Waals surface area contributed by atoms with E-state index in [4.69, 9.17) is 0 Å². The molecule has 0 aliphatic rings. The highest BCUT2D eigenvalue weighted by molar-refractivity contribution is 7.26. The number of fused-ring (bicyclic) bond motifs is 7. The van der Waals surface area contributed by atoms with Crippen molar-refractivity contribution >= 4 is 53.3 Å². The Labute approximate surface area is 161 Å². The Bertz CT molecular complexity index is 1470. The summed E-state index contributed by atoms with van der Waals surface area (Å²) >= 11 is 1.90. The van der Waals surface area contributed by atoms with E-state index in [0.29, 0.717) is 0 Å². The van der Waals surface area contributed by atoms with Gasteiger partial charge in [0.15, 0.2) is 0 Å². The smallest absolute Gasteiger partial charge is 0.0583 e. The third-order valence-electron chi connectivity index (χ3n) is 5.60. The van der Waals surface area contributed by atoms with E-state index in [0.717, 1.165) is 0 Å². The van der Waals surface area contributed by atoms with E-state index in [1.54, 1.807) is 0 Å². The number of benzene rings is 4. The minimum absolute atomic E-state index is 1.28. The maximum absolute atomic E-state index is 2.39. The number of aromatic nitrogens is 1. The molecule has 6 rings (SSSR count). The summed E-state index contributed by atoms with van der Waals surface area (Å²) in [7, 11) is 2.19. The minimum atomic E-state index is 1.28. The van der Waals surface area contributed by atoms with Crippen LogP contribution in [0.2, 0.25) is 0 Å². The standard InChI is InChI=1S/C25H17NS/c1-26-21-13-7-5-11-17(21)20-15-19(16-9-3-2-4-10-16)25-23(24(20)26)18-12-6-8-14-22(18)27-25/h2-15H,1H3. The number of para-hydroxylation sites is 1. The lowest BCUT2D eigenvalue weighted by atomic mass is 9.99. The third-order valence-corrected chi connectivity index (χ3v) is 6.80. The molecule has 2 aromatic heterocycles. The van der Waals surface area contributed by atoms with Gasteiger partial charge in [0.1, 0.15) is 0 Å². The van der Waals surface area contributed by atoms with Crippen LogP contribution in [-0.4, -0.2) is 4.57 Å². The number of hydrogen-bond donors (Lipinski definition) is 0. The summed E-state index contributed by atoms with van der Waals surface area (Å²) < 4.78 is 5.09. The Morgan fingerprint density at radius 1 is 0.704 bits per heavy atom. The Morgan fingerprint density at radius 3 is 2.26 bits per heavy atom. The summed E-state index contributed by atoms with van der Waals surface area (Å²) in [5, 5.41) is 5.39. The number of hydrogen-bond acceptors (Lipinski definition) is 1. The van der Waals surface area contributed by atoms with Crippen LogP contribution in [0.4, 0.5) is 0 Å². The Hall–Kier alpha value is -3.10. The van der Waals surface area contributed by atoms with Gasteiger partial charge < -0.3 is 4.57 Å². The molecule has 0 aliphatic carbocycles. The molecule has 2 heteroatoms. The molecule has 27 heavy (non-hydrogen) atoms. The summed E-state index contributed by atoms with van der Waals surface area (Å²) in [6.45, 7) is 0. The lowest BCUT2D eigenvalue weighted by molar-refractivity contribution is 1.02. The molecule has 0 radical (unpaired) electrons. The zero-order valence-corrected chi connectivity index (χ0v) is 15.8. The van der Waals surface area contributed by atoms with Gasteiger partial charge in [-0.1, -0.05) is 66.7 Å². The zero-order chi connectivity index (χ0) is 18.0. The Balaban J connectivity index is 1.95. The van der Waals surface area contributed by atoms with Gasteiger partial charge in [-0.2, -0.15) is 0 Å². The van der Waals surface area contributed by atoms with Crippen LogP contribution in [0.3, 0.4) is 0 Å². The maximum atomic E-state index is 2.39. The molecule has 0 saturated heterocycles. The van der Waals surface area contributed by atoms with Crippen LogP contribution < -0.4 is 0 Å². The highest BCUT2D eigenvalue weighted by Crippen LogP contribution is 2.46. The predicted octanol–water partition coefficient (Wildman–Crippen LogP) is 7.37. The van der Waals surface area contributed by atoms with E-state index >= 15 is 0 Å². The van der Waals surface area contributed by atoms with Crippen LogP contribution in [0.25, 0.3) is 53.1 Å². The summed E-state index contributed by atoms with van der Waals surface area (Å²) in [5.74, 6) is 0. The molecule has 4 aromatic carbocycles. The molecule has 0 aliphatic heterocycles. The van der Waals surface area contributed by atoms with Gasteiger partial charge in [-0.3, -0.25) is 0 Å². The second-order valence-corrected chi connectivity index (χ2v) is 8.12. The second kappa shape index (κ2) is 5.45. The lowest BCUT2D eigenvalue weighted by Gasteiger charge is -2.07. The fourth-order valence-corrected chi connectivity index (χ4v) is 5.63. The molecule has 0 fully saturated rings. The molecule has 0 amide bonds. The largest absolute Gasteiger partial charge is 0.343 e. The molecular weight excluding hydrogens is 346 g/mol. The van der Waals surface area contributed by atoms with Crippen LogP contribution >= 0.6 is 11.3 Å². The quantitative estimate of drug-likeness (QED) is 0.287. The number of rotatable bonds is 1. The SMILES string of the molecule is Cn1c2ccccc2c2cc(-c3ccccc3)c3sc4ccccc4c3c21. The van der Waals surface area contributed by atoms with Gasteiger partial charge in [0.25, 0.3) is 0 Å². The van der Waals surface area contributed by atoms with E-state index in [9.17, 15) is 0 Å². The molecule has 6 aromatic rings. The van der Waals surface area contributed by atoms with Crippen molar-refractivity contribution in [3.05, 3.63) is 84.9 Å². The van der Waals surface area contributed by atoms with Crippen molar-refractivity contribution < 1.29 is 0 Å². The molecule has 128 valence electrons. The molecule has 0 atom stereocenters. The van der Waals surface area contributed by atoms with E-state index in [1.165, 1.54) is 53.1 Å². The monoisotopic (exact) mass is 363 g/mol. The van der Waals surface area contributed by atoms with Gasteiger partial charge in [0.2, 0.25) is 0 Å². The van der Waals surface area contributed by atoms with Crippen molar-refractivity contribution in [2.45, 2.75) is 0 Å². The van der Waals surface area contributed by atoms with Crippen molar-refractivity contribution in [2.75, 3.05) is 0 Å². The van der Waals surface area contributed by atoms with Crippen LogP contribution in [-0.2, 0) is 7.05 Å². The van der Waals surface area contributed by atoms with Gasteiger partial charge in [-0.15, -0.1) is 11.3 Å². The molecule has 0 saturated carbocycles. The maximum Gasteiger partial charge on any atom is 0.0583 e. The molecule has 0 bridgehead atoms. The first-order chi connectivity index (χ1) is 13.3. The molecular formula is C25H17NS. The van der Waals surface area contributed by atoms with Crippen LogP contribution in [0.1, 0.15) is 0 Å². The van der Waals surface area contributed by atoms with E-state index in [2.05, 4.69) is 96.5 Å². The average Bonchev–Trinajstić information content (AvgIpc) is 3.24. The highest BCUT2D eigenvalue weighted by atomic mass is 32.1. The van der Waals surface area contributed by atoms with Gasteiger partial charge in [-0.05, 0) is 23.8 Å². The predicted molar refractivity (Wildman–Crippen MR) is 119 cm³/mol. The van der Waals surface area contributed by atoms with Crippen molar-refractivity contribution in [3.63, 3.8) is 0 Å². The first-order valence-corrected chi connectivity index (χ1v) is 10.0. The molecule has 0 unspecified atom stereocenters. The summed E-state index contributed by atoms with van der Waals surface area (Å²) in [6.07, 6.45) is 0. The van der Waals surface area contributed by atoms with Crippen LogP contribution in [0, 0.1) is 0 Å². The van der Waals surface area contributed by atoms with E-state index in [-0.39, 0.29) is 0 Å². The fraction of sp³-hybridized carbons (Fsp3) is 0.0400. The zero-order valence-electron chi connectivity index (χ0n) is 14.9. The van der Waals surface area contributed by atoms with Crippen LogP contribution in [0.5, 0.6) is 0 Å². The minimum Gasteiger partial charge on any atom is -0.343 e. The molecule has 0 N–H and O–H groups in total. The summed E-state index contributed by atoms with van der Waals surface area (Å²) in [4.78, 5) is 0. The van der Waals surface area contributed by atoms with Crippen molar-refractivity contribution in [1.82, 2.24) is 4.57 Å². The second-order valence-electron chi connectivity index (χ2n) is 7.06. The van der Waals surface area contributed by atoms with E-state index < -0.39 is 0 Å². The Kier molecular flexibility index (Phi) is 3.03. The highest BCUT2D eigenvalue weighted by Gasteiger charge is 2.18. The topological polar surface area (TPSA) is 4.93 Å². The number of aryl methyl sites for hydroxylation is 1. The molecule has 1 nitrogen and oxygen atoms in total. The first-order valence-electron chi connectivity index (χ1n) is 9.20. The van der Waals surface area contributed by atoms with Crippen molar-refractivity contribution in [2.24, 2.45) is 7.05 Å².